The van der Waals surface area contributed by atoms with Crippen molar-refractivity contribution in [2.24, 2.45) is 0 Å². The van der Waals surface area contributed by atoms with E-state index in [0.717, 1.165) is 6.07 Å². The van der Waals surface area contributed by atoms with Gasteiger partial charge in [0.2, 0.25) is 0 Å². The predicted octanol–water partition coefficient (Wildman–Crippen LogP) is 3.63. The van der Waals surface area contributed by atoms with E-state index < -0.39 is 36.6 Å². The Hall–Kier alpha value is -1.20. The number of ether oxygens (including phenoxy) is 2. The fourth-order valence-corrected chi connectivity index (χ4v) is 2.09. The molecule has 10 heteroatoms. The largest absolute Gasteiger partial charge is 0.573 e. The smallest absolute Gasteiger partial charge is 0.466 e. The van der Waals surface area contributed by atoms with Crippen molar-refractivity contribution in [1.29, 1.82) is 0 Å². The Labute approximate surface area is 129 Å². The maximum absolute atomic E-state index is 12.8. The fraction of sp³-hybridized carbons (Fsp3) is 0.455. The zero-order valence-corrected chi connectivity index (χ0v) is 12.7. The molecular weight excluding hydrogens is 416 g/mol. The molecule has 0 aliphatic rings. The van der Waals surface area contributed by atoms with Gasteiger partial charge in [-0.2, -0.15) is 0 Å². The van der Waals surface area contributed by atoms with E-state index >= 15 is 0 Å². The molecule has 0 amide bonds. The number of nitrogens with zero attached hydrogens (tertiary/aromatic N) is 1. The van der Waals surface area contributed by atoms with Gasteiger partial charge in [-0.05, 0) is 35.6 Å². The van der Waals surface area contributed by atoms with Gasteiger partial charge in [-0.3, -0.25) is 4.79 Å². The average Bonchev–Trinajstić information content (AvgIpc) is 2.30. The first kappa shape index (κ1) is 17.9. The summed E-state index contributed by atoms with van der Waals surface area (Å²) in [7, 11) is 0. The monoisotopic (exact) mass is 425 g/mol. The molecule has 0 unspecified atom stereocenters. The summed E-state index contributed by atoms with van der Waals surface area (Å²) in [5, 5.41) is 0. The molecule has 1 rings (SSSR count). The molecule has 1 aromatic heterocycles. The number of hydrogen-bond donors (Lipinski definition) is 0. The number of carbonyl (C=O) groups excluding carboxylic acids is 1. The lowest BCUT2D eigenvalue weighted by atomic mass is 10.1. The van der Waals surface area contributed by atoms with Crippen molar-refractivity contribution in [3.8, 4) is 5.75 Å². The minimum absolute atomic E-state index is 0.0109. The van der Waals surface area contributed by atoms with Crippen LogP contribution in [0.1, 0.15) is 24.6 Å². The van der Waals surface area contributed by atoms with Gasteiger partial charge in [-0.15, -0.1) is 13.2 Å². The Morgan fingerprint density at radius 3 is 2.52 bits per heavy atom. The van der Waals surface area contributed by atoms with Gasteiger partial charge in [0.25, 0.3) is 6.43 Å². The van der Waals surface area contributed by atoms with Gasteiger partial charge >= 0.3 is 12.3 Å². The Morgan fingerprint density at radius 1 is 1.43 bits per heavy atom. The highest BCUT2D eigenvalue weighted by Crippen LogP contribution is 2.35. The Kier molecular flexibility index (Phi) is 6.10. The summed E-state index contributed by atoms with van der Waals surface area (Å²) in [6.07, 6.45) is -9.09. The van der Waals surface area contributed by atoms with E-state index in [1.807, 2.05) is 0 Å². The topological polar surface area (TPSA) is 48.4 Å². The number of alkyl halides is 5. The third kappa shape index (κ3) is 5.59. The summed E-state index contributed by atoms with van der Waals surface area (Å²) in [6, 6.07) is 1.06. The minimum Gasteiger partial charge on any atom is -0.466 e. The molecule has 0 aromatic carbocycles. The normalized spacial score (nSPS) is 11.6. The molecule has 0 aliphatic heterocycles. The summed E-state index contributed by atoms with van der Waals surface area (Å²) in [5.41, 5.74) is -1.53. The molecule has 0 fully saturated rings. The second-order valence-electron chi connectivity index (χ2n) is 3.65. The molecule has 4 nitrogen and oxygen atoms in total. The van der Waals surface area contributed by atoms with Crippen molar-refractivity contribution < 1.29 is 36.2 Å². The molecule has 1 aromatic rings. The van der Waals surface area contributed by atoms with Crippen LogP contribution in [0.15, 0.2) is 6.07 Å². The first-order valence-electron chi connectivity index (χ1n) is 5.52. The van der Waals surface area contributed by atoms with Crippen molar-refractivity contribution in [3.63, 3.8) is 0 Å². The predicted molar refractivity (Wildman–Crippen MR) is 68.9 cm³/mol. The number of aromatic nitrogens is 1. The zero-order valence-electron chi connectivity index (χ0n) is 10.5. The van der Waals surface area contributed by atoms with Crippen LogP contribution in [0.5, 0.6) is 5.75 Å². The summed E-state index contributed by atoms with van der Waals surface area (Å²) in [4.78, 5) is 14.7. The fourth-order valence-electron chi connectivity index (χ4n) is 1.45. The van der Waals surface area contributed by atoms with Crippen molar-refractivity contribution >= 4 is 28.6 Å². The molecule has 0 spiro atoms. The first-order valence-corrected chi connectivity index (χ1v) is 6.60. The van der Waals surface area contributed by atoms with Gasteiger partial charge < -0.3 is 9.47 Å². The molecule has 0 N–H and O–H groups in total. The van der Waals surface area contributed by atoms with Crippen molar-refractivity contribution in [3.05, 3.63) is 21.0 Å². The van der Waals surface area contributed by atoms with Crippen LogP contribution in [0.2, 0.25) is 0 Å². The van der Waals surface area contributed by atoms with E-state index in [-0.39, 0.29) is 15.9 Å². The van der Waals surface area contributed by atoms with E-state index in [9.17, 15) is 26.7 Å². The lowest BCUT2D eigenvalue weighted by molar-refractivity contribution is -0.275. The molecular formula is C11H9F5INO3. The van der Waals surface area contributed by atoms with E-state index in [1.165, 1.54) is 6.92 Å². The van der Waals surface area contributed by atoms with Gasteiger partial charge in [0, 0.05) is 5.56 Å². The highest BCUT2D eigenvalue weighted by molar-refractivity contribution is 14.1. The summed E-state index contributed by atoms with van der Waals surface area (Å²) >= 11 is 1.55. The van der Waals surface area contributed by atoms with Gasteiger partial charge in [-0.1, -0.05) is 0 Å². The zero-order chi connectivity index (χ0) is 16.2. The Morgan fingerprint density at radius 2 is 2.05 bits per heavy atom. The number of carbonyl (C=O) groups is 1. The lowest BCUT2D eigenvalue weighted by Gasteiger charge is -2.16. The molecule has 0 saturated carbocycles. The molecule has 118 valence electrons. The molecule has 0 bridgehead atoms. The molecule has 0 atom stereocenters. The second kappa shape index (κ2) is 7.18. The quantitative estimate of drug-likeness (QED) is 0.313. The van der Waals surface area contributed by atoms with Crippen molar-refractivity contribution in [2.75, 3.05) is 6.61 Å². The maximum atomic E-state index is 12.8. The highest BCUT2D eigenvalue weighted by Gasteiger charge is 2.35. The number of rotatable bonds is 5. The average molecular weight is 425 g/mol. The first-order chi connectivity index (χ1) is 9.64. The molecule has 1 heterocycles. The van der Waals surface area contributed by atoms with Crippen LogP contribution in [-0.4, -0.2) is 23.9 Å². The van der Waals surface area contributed by atoms with Crippen LogP contribution in [-0.2, 0) is 16.0 Å². The lowest BCUT2D eigenvalue weighted by Crippen LogP contribution is -2.21. The van der Waals surface area contributed by atoms with Crippen LogP contribution < -0.4 is 4.74 Å². The second-order valence-corrected chi connectivity index (χ2v) is 4.75. The van der Waals surface area contributed by atoms with Crippen LogP contribution >= 0.6 is 22.6 Å². The Bertz CT molecular complexity index is 521. The SMILES string of the molecule is CCOC(=O)Cc1cc(I)nc(C(F)F)c1OC(F)(F)F. The van der Waals surface area contributed by atoms with Crippen LogP contribution in [0.3, 0.4) is 0 Å². The number of pyridine rings is 1. The van der Waals surface area contributed by atoms with Crippen LogP contribution in [0.4, 0.5) is 22.0 Å². The Balaban J connectivity index is 3.28. The van der Waals surface area contributed by atoms with Crippen molar-refractivity contribution in [1.82, 2.24) is 4.98 Å². The summed E-state index contributed by atoms with van der Waals surface area (Å²) < 4.78 is 70.9. The standard InChI is InChI=1S/C11H9F5INO3/c1-2-20-7(19)4-5-3-6(17)18-8(10(12)13)9(5)21-11(14,15)16/h3,10H,2,4H2,1H3. The third-order valence-corrected chi connectivity index (χ3v) is 2.66. The number of halogens is 6. The van der Waals surface area contributed by atoms with Gasteiger partial charge in [0.15, 0.2) is 11.4 Å². The van der Waals surface area contributed by atoms with Crippen LogP contribution in [0.25, 0.3) is 0 Å². The molecule has 0 aliphatic carbocycles. The van der Waals surface area contributed by atoms with E-state index in [2.05, 4.69) is 14.5 Å². The summed E-state index contributed by atoms with van der Waals surface area (Å²) in [5.74, 6) is -2.02. The summed E-state index contributed by atoms with van der Waals surface area (Å²) in [6.45, 7) is 1.52. The molecule has 21 heavy (non-hydrogen) atoms. The van der Waals surface area contributed by atoms with Crippen molar-refractivity contribution in [2.45, 2.75) is 26.1 Å². The van der Waals surface area contributed by atoms with Crippen LogP contribution in [0, 0.1) is 3.70 Å². The minimum atomic E-state index is -5.18. The molecule has 0 saturated heterocycles. The van der Waals surface area contributed by atoms with E-state index in [4.69, 9.17) is 0 Å². The van der Waals surface area contributed by atoms with Gasteiger partial charge in [0.1, 0.15) is 3.70 Å². The van der Waals surface area contributed by atoms with E-state index in [1.54, 1.807) is 22.6 Å². The number of hydrogen-bond acceptors (Lipinski definition) is 4. The maximum Gasteiger partial charge on any atom is 0.573 e. The van der Waals surface area contributed by atoms with E-state index in [0.29, 0.717) is 0 Å². The van der Waals surface area contributed by atoms with Gasteiger partial charge in [-0.25, -0.2) is 13.8 Å². The third-order valence-electron chi connectivity index (χ3n) is 2.11. The highest BCUT2D eigenvalue weighted by atomic mass is 127. The van der Waals surface area contributed by atoms with Gasteiger partial charge in [0.05, 0.1) is 13.0 Å². The number of esters is 1. The molecule has 0 radical (unpaired) electrons.